The first kappa shape index (κ1) is 11.6. The zero-order chi connectivity index (χ0) is 11.9. The van der Waals surface area contributed by atoms with Crippen molar-refractivity contribution in [3.05, 3.63) is 59.9 Å². The van der Waals surface area contributed by atoms with Crippen molar-refractivity contribution in [3.63, 3.8) is 0 Å². The van der Waals surface area contributed by atoms with E-state index in [4.69, 9.17) is 5.73 Å². The third-order valence-electron chi connectivity index (χ3n) is 2.65. The molecule has 0 amide bonds. The standard InChI is InChI=1S/C14H17N3/c15-14-3-1-12(2-4-14)5-10-17-11-13-6-8-16-9-7-13/h1-4,6-9,17H,5,10-11,15H2. The molecule has 0 unspecified atom stereocenters. The van der Waals surface area contributed by atoms with Crippen molar-refractivity contribution in [1.29, 1.82) is 0 Å². The third-order valence-corrected chi connectivity index (χ3v) is 2.65. The molecule has 2 aromatic rings. The first-order valence-corrected chi connectivity index (χ1v) is 5.78. The fraction of sp³-hybridized carbons (Fsp3) is 0.214. The van der Waals surface area contributed by atoms with E-state index in [0.29, 0.717) is 0 Å². The average molecular weight is 227 g/mol. The highest BCUT2D eigenvalue weighted by Gasteiger charge is 1.94. The van der Waals surface area contributed by atoms with Crippen LogP contribution in [-0.4, -0.2) is 11.5 Å². The van der Waals surface area contributed by atoms with Gasteiger partial charge in [-0.25, -0.2) is 0 Å². The molecular formula is C14H17N3. The van der Waals surface area contributed by atoms with Crippen LogP contribution in [0.4, 0.5) is 5.69 Å². The lowest BCUT2D eigenvalue weighted by molar-refractivity contribution is 0.686. The van der Waals surface area contributed by atoms with Gasteiger partial charge in [0.25, 0.3) is 0 Å². The van der Waals surface area contributed by atoms with Gasteiger partial charge >= 0.3 is 0 Å². The summed E-state index contributed by atoms with van der Waals surface area (Å²) in [6.07, 6.45) is 4.65. The molecule has 1 aromatic carbocycles. The summed E-state index contributed by atoms with van der Waals surface area (Å²) in [5, 5.41) is 3.41. The van der Waals surface area contributed by atoms with Crippen LogP contribution in [0.3, 0.4) is 0 Å². The number of nitrogens with one attached hydrogen (secondary N) is 1. The summed E-state index contributed by atoms with van der Waals surface area (Å²) >= 11 is 0. The number of hydrogen-bond donors (Lipinski definition) is 2. The van der Waals surface area contributed by atoms with Crippen LogP contribution in [0.2, 0.25) is 0 Å². The van der Waals surface area contributed by atoms with E-state index in [1.807, 2.05) is 36.7 Å². The number of rotatable bonds is 5. The summed E-state index contributed by atoms with van der Waals surface area (Å²) in [7, 11) is 0. The van der Waals surface area contributed by atoms with Crippen LogP contribution in [0.25, 0.3) is 0 Å². The minimum Gasteiger partial charge on any atom is -0.399 e. The number of nitrogens with zero attached hydrogens (tertiary/aromatic N) is 1. The number of nitrogen functional groups attached to an aromatic ring is 1. The lowest BCUT2D eigenvalue weighted by Gasteiger charge is -2.05. The Labute approximate surface area is 102 Å². The van der Waals surface area contributed by atoms with Crippen molar-refractivity contribution in [1.82, 2.24) is 10.3 Å². The first-order valence-electron chi connectivity index (χ1n) is 5.78. The van der Waals surface area contributed by atoms with Gasteiger partial charge in [0.15, 0.2) is 0 Å². The molecule has 0 radical (unpaired) electrons. The van der Waals surface area contributed by atoms with Crippen molar-refractivity contribution >= 4 is 5.69 Å². The van der Waals surface area contributed by atoms with Crippen molar-refractivity contribution in [2.45, 2.75) is 13.0 Å². The van der Waals surface area contributed by atoms with Gasteiger partial charge in [-0.05, 0) is 48.4 Å². The molecule has 0 saturated heterocycles. The van der Waals surface area contributed by atoms with Gasteiger partial charge in [-0.3, -0.25) is 4.98 Å². The second-order valence-electron chi connectivity index (χ2n) is 4.02. The molecule has 1 aromatic heterocycles. The highest BCUT2D eigenvalue weighted by Crippen LogP contribution is 2.05. The van der Waals surface area contributed by atoms with Crippen LogP contribution in [0.15, 0.2) is 48.8 Å². The SMILES string of the molecule is Nc1ccc(CCNCc2ccncc2)cc1. The number of aromatic nitrogens is 1. The number of pyridine rings is 1. The Morgan fingerprint density at radius 2 is 1.65 bits per heavy atom. The van der Waals surface area contributed by atoms with Gasteiger partial charge in [-0.15, -0.1) is 0 Å². The van der Waals surface area contributed by atoms with E-state index in [0.717, 1.165) is 25.2 Å². The molecular weight excluding hydrogens is 210 g/mol. The summed E-state index contributed by atoms with van der Waals surface area (Å²) in [6, 6.07) is 12.1. The monoisotopic (exact) mass is 227 g/mol. The first-order chi connectivity index (χ1) is 8.34. The minimum absolute atomic E-state index is 0.818. The molecule has 1 heterocycles. The second-order valence-corrected chi connectivity index (χ2v) is 4.02. The molecule has 0 bridgehead atoms. The van der Waals surface area contributed by atoms with E-state index in [1.165, 1.54) is 11.1 Å². The fourth-order valence-corrected chi connectivity index (χ4v) is 1.65. The Balaban J connectivity index is 1.71. The quantitative estimate of drug-likeness (QED) is 0.606. The number of hydrogen-bond acceptors (Lipinski definition) is 3. The second kappa shape index (κ2) is 6.01. The Morgan fingerprint density at radius 3 is 2.35 bits per heavy atom. The predicted molar refractivity (Wildman–Crippen MR) is 70.5 cm³/mol. The molecule has 0 aliphatic heterocycles. The molecule has 3 N–H and O–H groups in total. The summed E-state index contributed by atoms with van der Waals surface area (Å²) in [5.41, 5.74) is 9.02. The van der Waals surface area contributed by atoms with Gasteiger partial charge in [0, 0.05) is 24.6 Å². The molecule has 3 nitrogen and oxygen atoms in total. The van der Waals surface area contributed by atoms with Gasteiger partial charge in [0.05, 0.1) is 0 Å². The highest BCUT2D eigenvalue weighted by molar-refractivity contribution is 5.39. The molecule has 0 fully saturated rings. The van der Waals surface area contributed by atoms with Gasteiger partial charge in [0.1, 0.15) is 0 Å². The maximum atomic E-state index is 5.64. The van der Waals surface area contributed by atoms with Crippen LogP contribution in [-0.2, 0) is 13.0 Å². The van der Waals surface area contributed by atoms with E-state index >= 15 is 0 Å². The number of nitrogens with two attached hydrogens (primary N) is 1. The topological polar surface area (TPSA) is 50.9 Å². The van der Waals surface area contributed by atoms with Crippen LogP contribution in [0.5, 0.6) is 0 Å². The molecule has 17 heavy (non-hydrogen) atoms. The molecule has 0 saturated carbocycles. The van der Waals surface area contributed by atoms with Crippen molar-refractivity contribution in [2.75, 3.05) is 12.3 Å². The average Bonchev–Trinajstić information content (AvgIpc) is 2.38. The predicted octanol–water partition coefficient (Wildman–Crippen LogP) is 2.00. The Bertz CT molecular complexity index is 437. The Morgan fingerprint density at radius 1 is 0.941 bits per heavy atom. The van der Waals surface area contributed by atoms with Crippen LogP contribution in [0.1, 0.15) is 11.1 Å². The summed E-state index contributed by atoms with van der Waals surface area (Å²) in [4.78, 5) is 3.99. The van der Waals surface area contributed by atoms with Crippen LogP contribution >= 0.6 is 0 Å². The van der Waals surface area contributed by atoms with Gasteiger partial charge in [-0.2, -0.15) is 0 Å². The summed E-state index contributed by atoms with van der Waals surface area (Å²) < 4.78 is 0. The number of anilines is 1. The molecule has 2 rings (SSSR count). The Kier molecular flexibility index (Phi) is 4.11. The van der Waals surface area contributed by atoms with Gasteiger partial charge in [-0.1, -0.05) is 12.1 Å². The van der Waals surface area contributed by atoms with Crippen molar-refractivity contribution < 1.29 is 0 Å². The highest BCUT2D eigenvalue weighted by atomic mass is 14.8. The lowest BCUT2D eigenvalue weighted by atomic mass is 10.1. The minimum atomic E-state index is 0.818. The number of benzene rings is 1. The largest absolute Gasteiger partial charge is 0.399 e. The van der Waals surface area contributed by atoms with E-state index in [9.17, 15) is 0 Å². The van der Waals surface area contributed by atoms with Crippen molar-refractivity contribution in [2.24, 2.45) is 0 Å². The van der Waals surface area contributed by atoms with E-state index < -0.39 is 0 Å². The zero-order valence-corrected chi connectivity index (χ0v) is 9.76. The maximum absolute atomic E-state index is 5.64. The van der Waals surface area contributed by atoms with E-state index in [1.54, 1.807) is 0 Å². The zero-order valence-electron chi connectivity index (χ0n) is 9.76. The molecule has 3 heteroatoms. The lowest BCUT2D eigenvalue weighted by Crippen LogP contribution is -2.16. The molecule has 0 aliphatic carbocycles. The third kappa shape index (κ3) is 3.89. The van der Waals surface area contributed by atoms with Crippen molar-refractivity contribution in [3.8, 4) is 0 Å². The molecule has 0 atom stereocenters. The fourth-order valence-electron chi connectivity index (χ4n) is 1.65. The van der Waals surface area contributed by atoms with Crippen LogP contribution in [0, 0.1) is 0 Å². The summed E-state index contributed by atoms with van der Waals surface area (Å²) in [5.74, 6) is 0. The van der Waals surface area contributed by atoms with E-state index in [2.05, 4.69) is 22.4 Å². The summed E-state index contributed by atoms with van der Waals surface area (Å²) in [6.45, 7) is 1.85. The van der Waals surface area contributed by atoms with Gasteiger partial charge in [0.2, 0.25) is 0 Å². The maximum Gasteiger partial charge on any atom is 0.0314 e. The normalized spacial score (nSPS) is 10.4. The van der Waals surface area contributed by atoms with Gasteiger partial charge < -0.3 is 11.1 Å². The Hall–Kier alpha value is -1.87. The molecule has 0 aliphatic rings. The smallest absolute Gasteiger partial charge is 0.0314 e. The molecule has 0 spiro atoms. The van der Waals surface area contributed by atoms with Crippen LogP contribution < -0.4 is 11.1 Å². The molecule has 88 valence electrons. The van der Waals surface area contributed by atoms with E-state index in [-0.39, 0.29) is 0 Å².